The largest absolute Gasteiger partial charge is 0.475 e. The van der Waals surface area contributed by atoms with Crippen LogP contribution in [0.4, 0.5) is 5.69 Å². The number of nitrogens with one attached hydrogen (secondary N) is 2. The zero-order valence-corrected chi connectivity index (χ0v) is 10.6. The number of hydrogen-bond acceptors (Lipinski definition) is 4. The molecule has 1 heterocycles. The first-order valence-electron chi connectivity index (χ1n) is 6.03. The third kappa shape index (κ3) is 3.88. The van der Waals surface area contributed by atoms with E-state index in [0.29, 0.717) is 5.76 Å². The predicted molar refractivity (Wildman–Crippen MR) is 72.4 cm³/mol. The lowest BCUT2D eigenvalue weighted by Crippen LogP contribution is -2.29. The van der Waals surface area contributed by atoms with Gasteiger partial charge in [-0.05, 0) is 24.3 Å². The third-order valence-corrected chi connectivity index (χ3v) is 2.56. The highest BCUT2D eigenvalue weighted by Crippen LogP contribution is 2.07. The normalized spacial score (nSPS) is 10.0. The minimum Gasteiger partial charge on any atom is -0.475 e. The summed E-state index contributed by atoms with van der Waals surface area (Å²) in [6, 6.07) is 12.2. The van der Waals surface area contributed by atoms with Crippen LogP contribution in [0, 0.1) is 0 Å². The van der Waals surface area contributed by atoms with Crippen molar-refractivity contribution < 1.29 is 19.1 Å². The molecule has 0 bridgehead atoms. The summed E-state index contributed by atoms with van der Waals surface area (Å²) in [6.45, 7) is 0.291. The summed E-state index contributed by atoms with van der Waals surface area (Å²) in [5.74, 6) is -1.08. The molecule has 20 heavy (non-hydrogen) atoms. The van der Waals surface area contributed by atoms with Crippen LogP contribution in [-0.4, -0.2) is 23.5 Å². The van der Waals surface area contributed by atoms with Crippen molar-refractivity contribution in [2.75, 3.05) is 11.9 Å². The molecule has 6 heteroatoms. The van der Waals surface area contributed by atoms with Gasteiger partial charge in [-0.2, -0.15) is 0 Å². The third-order valence-electron chi connectivity index (χ3n) is 2.56. The quantitative estimate of drug-likeness (QED) is 0.745. The fourth-order valence-corrected chi connectivity index (χ4v) is 1.57. The Morgan fingerprint density at radius 3 is 2.50 bits per heavy atom. The Bertz CT molecular complexity index is 592. The number of rotatable bonds is 6. The molecule has 6 nitrogen and oxygen atoms in total. The van der Waals surface area contributed by atoms with Gasteiger partial charge in [0.2, 0.25) is 11.7 Å². The van der Waals surface area contributed by atoms with Crippen LogP contribution >= 0.6 is 0 Å². The van der Waals surface area contributed by atoms with Crippen LogP contribution in [0.2, 0.25) is 0 Å². The van der Waals surface area contributed by atoms with Crippen LogP contribution in [0.15, 0.2) is 46.9 Å². The molecule has 0 atom stereocenters. The summed E-state index contributed by atoms with van der Waals surface area (Å²) >= 11 is 0. The fourth-order valence-electron chi connectivity index (χ4n) is 1.57. The summed E-state index contributed by atoms with van der Waals surface area (Å²) in [5.41, 5.74) is 0.855. The lowest BCUT2D eigenvalue weighted by atomic mass is 10.3. The number of benzene rings is 1. The van der Waals surface area contributed by atoms with Crippen molar-refractivity contribution in [1.29, 1.82) is 0 Å². The van der Waals surface area contributed by atoms with Crippen LogP contribution < -0.4 is 10.6 Å². The van der Waals surface area contributed by atoms with Gasteiger partial charge >= 0.3 is 5.97 Å². The molecule has 0 radical (unpaired) electrons. The second-order valence-electron chi connectivity index (χ2n) is 4.07. The van der Waals surface area contributed by atoms with Gasteiger partial charge < -0.3 is 20.2 Å². The molecule has 0 unspecified atom stereocenters. The molecule has 0 aliphatic carbocycles. The highest BCUT2D eigenvalue weighted by Gasteiger charge is 2.09. The minimum absolute atomic E-state index is 0.135. The first-order valence-corrected chi connectivity index (χ1v) is 6.03. The van der Waals surface area contributed by atoms with Crippen LogP contribution in [-0.2, 0) is 11.3 Å². The number of carboxylic acid groups (broad SMARTS) is 1. The van der Waals surface area contributed by atoms with Gasteiger partial charge in [-0.25, -0.2) is 4.79 Å². The number of aromatic carboxylic acids is 1. The van der Waals surface area contributed by atoms with E-state index in [-0.39, 0.29) is 24.8 Å². The molecule has 2 aromatic rings. The molecule has 1 aromatic heterocycles. The van der Waals surface area contributed by atoms with Crippen molar-refractivity contribution >= 4 is 17.6 Å². The van der Waals surface area contributed by atoms with Crippen molar-refractivity contribution in [1.82, 2.24) is 5.32 Å². The molecule has 1 aromatic carbocycles. The number of carbonyl (C=O) groups is 2. The molecule has 1 amide bonds. The molecule has 0 fully saturated rings. The Hall–Kier alpha value is -2.76. The number of hydrogen-bond donors (Lipinski definition) is 3. The Morgan fingerprint density at radius 2 is 1.85 bits per heavy atom. The molecular weight excluding hydrogens is 260 g/mol. The van der Waals surface area contributed by atoms with E-state index in [1.807, 2.05) is 30.3 Å². The summed E-state index contributed by atoms with van der Waals surface area (Å²) < 4.78 is 5.02. The maximum atomic E-state index is 11.6. The van der Waals surface area contributed by atoms with Crippen molar-refractivity contribution in [3.05, 3.63) is 54.0 Å². The van der Waals surface area contributed by atoms with Gasteiger partial charge in [-0.3, -0.25) is 4.79 Å². The molecule has 0 aliphatic heterocycles. The highest BCUT2D eigenvalue weighted by molar-refractivity contribution is 5.84. The SMILES string of the molecule is O=C(CNc1ccccc1)NCc1ccc(C(=O)O)o1. The smallest absolute Gasteiger partial charge is 0.371 e. The van der Waals surface area contributed by atoms with E-state index in [2.05, 4.69) is 10.6 Å². The van der Waals surface area contributed by atoms with Gasteiger partial charge in [0.15, 0.2) is 0 Å². The average Bonchev–Trinajstić information content (AvgIpc) is 2.93. The summed E-state index contributed by atoms with van der Waals surface area (Å²) in [6.07, 6.45) is 0. The second-order valence-corrected chi connectivity index (χ2v) is 4.07. The van der Waals surface area contributed by atoms with Gasteiger partial charge in [0.05, 0.1) is 13.1 Å². The summed E-state index contributed by atoms with van der Waals surface area (Å²) in [7, 11) is 0. The van der Waals surface area contributed by atoms with Crippen molar-refractivity contribution in [3.63, 3.8) is 0 Å². The number of furan rings is 1. The number of carbonyl (C=O) groups excluding carboxylic acids is 1. The fraction of sp³-hybridized carbons (Fsp3) is 0.143. The van der Waals surface area contributed by atoms with E-state index in [1.165, 1.54) is 12.1 Å². The molecule has 0 saturated heterocycles. The van der Waals surface area contributed by atoms with Gasteiger partial charge in [0, 0.05) is 5.69 Å². The van der Waals surface area contributed by atoms with Crippen LogP contribution in [0.5, 0.6) is 0 Å². The van der Waals surface area contributed by atoms with Crippen molar-refractivity contribution in [3.8, 4) is 0 Å². The Morgan fingerprint density at radius 1 is 1.10 bits per heavy atom. The Kier molecular flexibility index (Phi) is 4.39. The van der Waals surface area contributed by atoms with Gasteiger partial charge in [-0.15, -0.1) is 0 Å². The topological polar surface area (TPSA) is 91.6 Å². The molecule has 3 N–H and O–H groups in total. The van der Waals surface area contributed by atoms with E-state index in [4.69, 9.17) is 9.52 Å². The van der Waals surface area contributed by atoms with E-state index in [1.54, 1.807) is 0 Å². The van der Waals surface area contributed by atoms with Gasteiger partial charge in [0.1, 0.15) is 5.76 Å². The zero-order chi connectivity index (χ0) is 14.4. The van der Waals surface area contributed by atoms with E-state index in [9.17, 15) is 9.59 Å². The molecule has 2 rings (SSSR count). The van der Waals surface area contributed by atoms with Crippen LogP contribution in [0.1, 0.15) is 16.3 Å². The lowest BCUT2D eigenvalue weighted by Gasteiger charge is -2.06. The number of para-hydroxylation sites is 1. The first kappa shape index (κ1) is 13.7. The van der Waals surface area contributed by atoms with Crippen molar-refractivity contribution in [2.45, 2.75) is 6.54 Å². The highest BCUT2D eigenvalue weighted by atomic mass is 16.4. The van der Waals surface area contributed by atoms with Crippen molar-refractivity contribution in [2.24, 2.45) is 0 Å². The van der Waals surface area contributed by atoms with Crippen LogP contribution in [0.3, 0.4) is 0 Å². The Labute approximate surface area is 115 Å². The Balaban J connectivity index is 1.76. The standard InChI is InChI=1S/C14H14N2O4/c17-13(9-15-10-4-2-1-3-5-10)16-8-11-6-7-12(20-11)14(18)19/h1-7,15H,8-9H2,(H,16,17)(H,18,19). The molecule has 0 spiro atoms. The molecule has 0 saturated carbocycles. The number of carboxylic acids is 1. The second kappa shape index (κ2) is 6.42. The maximum absolute atomic E-state index is 11.6. The predicted octanol–water partition coefficient (Wildman–Crippen LogP) is 1.71. The minimum atomic E-state index is -1.13. The zero-order valence-electron chi connectivity index (χ0n) is 10.6. The number of anilines is 1. The molecule has 0 aliphatic rings. The monoisotopic (exact) mass is 274 g/mol. The molecular formula is C14H14N2O4. The van der Waals surface area contributed by atoms with Gasteiger partial charge in [-0.1, -0.05) is 18.2 Å². The van der Waals surface area contributed by atoms with E-state index >= 15 is 0 Å². The molecule has 104 valence electrons. The van der Waals surface area contributed by atoms with Crippen LogP contribution in [0.25, 0.3) is 0 Å². The van der Waals surface area contributed by atoms with E-state index in [0.717, 1.165) is 5.69 Å². The average molecular weight is 274 g/mol. The summed E-state index contributed by atoms with van der Waals surface area (Å²) in [4.78, 5) is 22.2. The first-order chi connectivity index (χ1) is 9.65. The van der Waals surface area contributed by atoms with E-state index < -0.39 is 5.97 Å². The maximum Gasteiger partial charge on any atom is 0.371 e. The lowest BCUT2D eigenvalue weighted by molar-refractivity contribution is -0.119. The number of amides is 1. The summed E-state index contributed by atoms with van der Waals surface area (Å²) in [5, 5.41) is 14.3. The van der Waals surface area contributed by atoms with Gasteiger partial charge in [0.25, 0.3) is 0 Å².